The normalized spacial score (nSPS) is 11.4. The van der Waals surface area contributed by atoms with E-state index in [2.05, 4.69) is 21.1 Å². The third-order valence-corrected chi connectivity index (χ3v) is 3.39. The third-order valence-electron chi connectivity index (χ3n) is 2.45. The van der Waals surface area contributed by atoms with Crippen molar-refractivity contribution in [3.05, 3.63) is 57.3 Å². The SMILES string of the molecule is NC(=NO)c1ccc(Oc2ccc(Br)c(F)c2)c(Cl)c1. The highest BCUT2D eigenvalue weighted by atomic mass is 79.9. The molecule has 0 aliphatic carbocycles. The first kappa shape index (κ1) is 14.6. The molecule has 4 nitrogen and oxygen atoms in total. The summed E-state index contributed by atoms with van der Waals surface area (Å²) in [7, 11) is 0. The molecule has 0 spiro atoms. The Balaban J connectivity index is 2.28. The summed E-state index contributed by atoms with van der Waals surface area (Å²) in [6.07, 6.45) is 0. The van der Waals surface area contributed by atoms with Crippen molar-refractivity contribution < 1.29 is 14.3 Å². The number of ether oxygens (including phenoxy) is 1. The number of rotatable bonds is 3. The summed E-state index contributed by atoms with van der Waals surface area (Å²) in [5.74, 6) is 0.145. The van der Waals surface area contributed by atoms with Gasteiger partial charge in [-0.3, -0.25) is 0 Å². The van der Waals surface area contributed by atoms with Gasteiger partial charge in [0.2, 0.25) is 0 Å². The molecule has 0 unspecified atom stereocenters. The van der Waals surface area contributed by atoms with Gasteiger partial charge in [0.15, 0.2) is 5.84 Å². The number of oxime groups is 1. The van der Waals surface area contributed by atoms with Crippen molar-refractivity contribution in [3.8, 4) is 11.5 Å². The number of amidine groups is 1. The van der Waals surface area contributed by atoms with Crippen LogP contribution in [0, 0.1) is 5.82 Å². The van der Waals surface area contributed by atoms with Crippen molar-refractivity contribution in [1.29, 1.82) is 0 Å². The van der Waals surface area contributed by atoms with Crippen molar-refractivity contribution >= 4 is 33.4 Å². The molecule has 0 radical (unpaired) electrons. The number of halogens is 3. The van der Waals surface area contributed by atoms with E-state index in [0.717, 1.165) is 0 Å². The second kappa shape index (κ2) is 6.11. The van der Waals surface area contributed by atoms with Gasteiger partial charge in [0.1, 0.15) is 17.3 Å². The van der Waals surface area contributed by atoms with Gasteiger partial charge in [-0.05, 0) is 46.3 Å². The molecule has 0 aliphatic heterocycles. The van der Waals surface area contributed by atoms with E-state index in [9.17, 15) is 4.39 Å². The predicted molar refractivity (Wildman–Crippen MR) is 78.1 cm³/mol. The van der Waals surface area contributed by atoms with E-state index in [1.807, 2.05) is 0 Å². The predicted octanol–water partition coefficient (Wildman–Crippen LogP) is 4.13. The lowest BCUT2D eigenvalue weighted by atomic mass is 10.2. The van der Waals surface area contributed by atoms with E-state index in [1.54, 1.807) is 18.2 Å². The summed E-state index contributed by atoms with van der Waals surface area (Å²) < 4.78 is 19.2. The van der Waals surface area contributed by atoms with E-state index in [-0.39, 0.29) is 10.9 Å². The lowest BCUT2D eigenvalue weighted by Gasteiger charge is -2.09. The quantitative estimate of drug-likeness (QED) is 0.375. The zero-order valence-electron chi connectivity index (χ0n) is 9.98. The first-order valence-corrected chi connectivity index (χ1v) is 6.58. The number of nitrogens with two attached hydrogens (primary N) is 1. The Hall–Kier alpha value is -1.79. The van der Waals surface area contributed by atoms with Crippen LogP contribution in [0.3, 0.4) is 0 Å². The summed E-state index contributed by atoms with van der Waals surface area (Å²) in [6, 6.07) is 8.98. The minimum absolute atomic E-state index is 0.0619. The maximum absolute atomic E-state index is 13.4. The summed E-state index contributed by atoms with van der Waals surface area (Å²) >= 11 is 9.09. The molecule has 0 fully saturated rings. The van der Waals surface area contributed by atoms with E-state index in [0.29, 0.717) is 21.5 Å². The molecule has 0 bridgehead atoms. The lowest BCUT2D eigenvalue weighted by molar-refractivity contribution is 0.318. The van der Waals surface area contributed by atoms with Crippen LogP contribution in [0.25, 0.3) is 0 Å². The van der Waals surface area contributed by atoms with Gasteiger partial charge < -0.3 is 15.7 Å². The van der Waals surface area contributed by atoms with Crippen molar-refractivity contribution in [2.24, 2.45) is 10.9 Å². The maximum Gasteiger partial charge on any atom is 0.170 e. The second-order valence-corrected chi connectivity index (χ2v) is 5.07. The van der Waals surface area contributed by atoms with Gasteiger partial charge in [0, 0.05) is 11.6 Å². The van der Waals surface area contributed by atoms with Crippen LogP contribution in [-0.4, -0.2) is 11.0 Å². The molecule has 0 amide bonds. The number of nitrogens with zero attached hydrogens (tertiary/aromatic N) is 1. The highest BCUT2D eigenvalue weighted by Gasteiger charge is 2.08. The van der Waals surface area contributed by atoms with Crippen LogP contribution >= 0.6 is 27.5 Å². The minimum atomic E-state index is -0.438. The van der Waals surface area contributed by atoms with Crippen LogP contribution < -0.4 is 10.5 Å². The Labute approximate surface area is 127 Å². The second-order valence-electron chi connectivity index (χ2n) is 3.81. The van der Waals surface area contributed by atoms with E-state index >= 15 is 0 Å². The van der Waals surface area contributed by atoms with Gasteiger partial charge in [-0.25, -0.2) is 4.39 Å². The molecular weight excluding hydrogens is 351 g/mol. The molecule has 2 rings (SSSR count). The average molecular weight is 360 g/mol. The largest absolute Gasteiger partial charge is 0.456 e. The molecule has 20 heavy (non-hydrogen) atoms. The number of hydrogen-bond acceptors (Lipinski definition) is 3. The molecule has 0 atom stereocenters. The fourth-order valence-electron chi connectivity index (χ4n) is 1.47. The molecule has 7 heteroatoms. The van der Waals surface area contributed by atoms with Crippen LogP contribution in [0.1, 0.15) is 5.56 Å². The topological polar surface area (TPSA) is 67.8 Å². The Bertz CT molecular complexity index is 679. The van der Waals surface area contributed by atoms with Crippen LogP contribution in [0.4, 0.5) is 4.39 Å². The Morgan fingerprint density at radius 1 is 1.30 bits per heavy atom. The minimum Gasteiger partial charge on any atom is -0.456 e. The first-order valence-electron chi connectivity index (χ1n) is 5.41. The van der Waals surface area contributed by atoms with Gasteiger partial charge >= 0.3 is 0 Å². The zero-order valence-corrected chi connectivity index (χ0v) is 12.3. The van der Waals surface area contributed by atoms with E-state index < -0.39 is 5.82 Å². The van der Waals surface area contributed by atoms with E-state index in [4.69, 9.17) is 27.3 Å². The molecule has 0 saturated carbocycles. The molecule has 0 heterocycles. The van der Waals surface area contributed by atoms with Crippen LogP contribution in [0.15, 0.2) is 46.0 Å². The van der Waals surface area contributed by atoms with E-state index in [1.165, 1.54) is 18.2 Å². The molecule has 0 saturated heterocycles. The summed E-state index contributed by atoms with van der Waals surface area (Å²) in [4.78, 5) is 0. The van der Waals surface area contributed by atoms with Crippen LogP contribution in [0.2, 0.25) is 5.02 Å². The Morgan fingerprint density at radius 2 is 2.05 bits per heavy atom. The Kier molecular flexibility index (Phi) is 4.46. The Morgan fingerprint density at radius 3 is 2.65 bits per heavy atom. The molecular formula is C13H9BrClFN2O2. The van der Waals surface area contributed by atoms with Crippen molar-refractivity contribution in [2.45, 2.75) is 0 Å². The van der Waals surface area contributed by atoms with Crippen molar-refractivity contribution in [3.63, 3.8) is 0 Å². The van der Waals surface area contributed by atoms with Gasteiger partial charge in [-0.2, -0.15) is 0 Å². The fraction of sp³-hybridized carbons (Fsp3) is 0. The molecule has 104 valence electrons. The summed E-state index contributed by atoms with van der Waals surface area (Å²) in [6.45, 7) is 0. The standard InChI is InChI=1S/C13H9BrClFN2O2/c14-9-3-2-8(6-11(9)16)20-12-4-1-7(5-10(12)15)13(17)18-19/h1-6,19H,(H2,17,18). The molecule has 0 aliphatic rings. The zero-order chi connectivity index (χ0) is 14.7. The van der Waals surface area contributed by atoms with Gasteiger partial charge in [0.05, 0.1) is 9.50 Å². The molecule has 0 aromatic heterocycles. The third kappa shape index (κ3) is 3.20. The number of hydrogen-bond donors (Lipinski definition) is 2. The first-order chi connectivity index (χ1) is 9.51. The number of benzene rings is 2. The maximum atomic E-state index is 13.4. The molecule has 2 aromatic carbocycles. The summed E-state index contributed by atoms with van der Waals surface area (Å²) in [5.41, 5.74) is 5.90. The smallest absolute Gasteiger partial charge is 0.170 e. The van der Waals surface area contributed by atoms with Gasteiger partial charge in [-0.1, -0.05) is 16.8 Å². The lowest BCUT2D eigenvalue weighted by Crippen LogP contribution is -2.12. The van der Waals surface area contributed by atoms with Crippen LogP contribution in [-0.2, 0) is 0 Å². The van der Waals surface area contributed by atoms with Crippen molar-refractivity contribution in [1.82, 2.24) is 0 Å². The summed E-state index contributed by atoms with van der Waals surface area (Å²) in [5, 5.41) is 11.7. The highest BCUT2D eigenvalue weighted by molar-refractivity contribution is 9.10. The van der Waals surface area contributed by atoms with Crippen LogP contribution in [0.5, 0.6) is 11.5 Å². The van der Waals surface area contributed by atoms with Gasteiger partial charge in [0.25, 0.3) is 0 Å². The fourth-order valence-corrected chi connectivity index (χ4v) is 1.93. The molecule has 3 N–H and O–H groups in total. The average Bonchev–Trinajstić information content (AvgIpc) is 2.44. The highest BCUT2D eigenvalue weighted by Crippen LogP contribution is 2.31. The molecule has 2 aromatic rings. The monoisotopic (exact) mass is 358 g/mol. The van der Waals surface area contributed by atoms with Crippen molar-refractivity contribution in [2.75, 3.05) is 0 Å². The van der Waals surface area contributed by atoms with Gasteiger partial charge in [-0.15, -0.1) is 0 Å².